The molecule has 1 unspecified atom stereocenters. The second kappa shape index (κ2) is 8.26. The van der Waals surface area contributed by atoms with Crippen LogP contribution in [0.5, 0.6) is 5.75 Å². The van der Waals surface area contributed by atoms with Crippen LogP contribution in [0.25, 0.3) is 11.1 Å². The Hall–Kier alpha value is -3.22. The van der Waals surface area contributed by atoms with Crippen molar-refractivity contribution in [3.63, 3.8) is 0 Å². The second-order valence-corrected chi connectivity index (χ2v) is 7.54. The Balaban J connectivity index is 1.64. The Kier molecular flexibility index (Phi) is 5.53. The van der Waals surface area contributed by atoms with Crippen LogP contribution in [0.15, 0.2) is 36.4 Å². The highest BCUT2D eigenvalue weighted by molar-refractivity contribution is 7.15. The van der Waals surface area contributed by atoms with Gasteiger partial charge in [0.15, 0.2) is 5.75 Å². The molecule has 0 saturated heterocycles. The van der Waals surface area contributed by atoms with Gasteiger partial charge in [-0.3, -0.25) is 4.57 Å². The zero-order valence-corrected chi connectivity index (χ0v) is 17.0. The number of thiophene rings is 1. The van der Waals surface area contributed by atoms with Crippen LogP contribution in [0.1, 0.15) is 21.8 Å². The predicted octanol–water partition coefficient (Wildman–Crippen LogP) is 4.22. The summed E-state index contributed by atoms with van der Waals surface area (Å²) in [4.78, 5) is 4.72. The van der Waals surface area contributed by atoms with Crippen molar-refractivity contribution < 1.29 is 23.0 Å². The van der Waals surface area contributed by atoms with Crippen LogP contribution < -0.4 is 4.74 Å². The summed E-state index contributed by atoms with van der Waals surface area (Å²) in [6.45, 7) is -0.322. The molecule has 0 aliphatic heterocycles. The lowest BCUT2D eigenvalue weighted by molar-refractivity contribution is 0.0784. The van der Waals surface area contributed by atoms with Crippen molar-refractivity contribution in [2.75, 3.05) is 14.2 Å². The average molecular weight is 429 g/mol. The van der Waals surface area contributed by atoms with Gasteiger partial charge in [-0.15, -0.1) is 11.3 Å². The minimum absolute atomic E-state index is 0.186. The van der Waals surface area contributed by atoms with E-state index < -0.39 is 11.6 Å². The molecule has 2 heterocycles. The number of methoxy groups -OCH3 is 2. The maximum atomic E-state index is 13.9. The molecule has 0 radical (unpaired) electrons. The number of nitriles is 1. The number of halogens is 2. The molecule has 1 aromatic carbocycles. The van der Waals surface area contributed by atoms with E-state index in [4.69, 9.17) is 14.2 Å². The molecule has 0 bridgehead atoms. The van der Waals surface area contributed by atoms with Crippen LogP contribution in [-0.4, -0.2) is 29.9 Å². The van der Waals surface area contributed by atoms with Gasteiger partial charge in [-0.05, 0) is 12.1 Å². The third-order valence-electron chi connectivity index (χ3n) is 4.85. The highest BCUT2D eigenvalue weighted by atomic mass is 32.1. The summed E-state index contributed by atoms with van der Waals surface area (Å²) in [5.74, 6) is -0.442. The van der Waals surface area contributed by atoms with Crippen molar-refractivity contribution in [3.8, 4) is 16.8 Å². The normalized spacial score (nSPS) is 15.3. The molecule has 0 fully saturated rings. The van der Waals surface area contributed by atoms with Crippen LogP contribution in [0, 0.1) is 23.0 Å². The molecular formula is C21H17F2N3O3S. The number of aromatic nitrogens is 2. The fourth-order valence-corrected chi connectivity index (χ4v) is 4.18. The first-order valence-electron chi connectivity index (χ1n) is 9.00. The minimum atomic E-state index is -0.695. The van der Waals surface area contributed by atoms with E-state index in [1.165, 1.54) is 17.4 Å². The summed E-state index contributed by atoms with van der Waals surface area (Å²) in [7, 11) is 3.19. The van der Waals surface area contributed by atoms with Crippen molar-refractivity contribution in [2.24, 2.45) is 0 Å². The summed E-state index contributed by atoms with van der Waals surface area (Å²) < 4.78 is 46.0. The van der Waals surface area contributed by atoms with Crippen molar-refractivity contribution in [1.29, 1.82) is 5.26 Å². The number of rotatable bonds is 6. The van der Waals surface area contributed by atoms with Crippen molar-refractivity contribution in [3.05, 3.63) is 69.8 Å². The summed E-state index contributed by atoms with van der Waals surface area (Å²) in [5, 5.41) is 10.2. The zero-order chi connectivity index (χ0) is 21.3. The van der Waals surface area contributed by atoms with Gasteiger partial charge >= 0.3 is 0 Å². The molecule has 1 atom stereocenters. The van der Waals surface area contributed by atoms with Gasteiger partial charge in [0.2, 0.25) is 0 Å². The maximum Gasteiger partial charge on any atom is 0.150 e. The SMILES string of the molecule is COC1=Cc2ncn(-c3cc(OCc4c(F)cccc4F)c(C#N)s3)c2CC1OC. The molecule has 0 N–H and O–H groups in total. The first-order chi connectivity index (χ1) is 14.5. The fourth-order valence-electron chi connectivity index (χ4n) is 3.28. The first kappa shape index (κ1) is 20.1. The number of benzene rings is 1. The molecule has 3 aromatic rings. The zero-order valence-electron chi connectivity index (χ0n) is 16.2. The van der Waals surface area contributed by atoms with Gasteiger partial charge in [0.25, 0.3) is 0 Å². The van der Waals surface area contributed by atoms with E-state index in [1.807, 2.05) is 10.6 Å². The molecule has 154 valence electrons. The number of imidazole rings is 1. The quantitative estimate of drug-likeness (QED) is 0.587. The van der Waals surface area contributed by atoms with Gasteiger partial charge in [0.1, 0.15) is 52.4 Å². The van der Waals surface area contributed by atoms with E-state index in [-0.39, 0.29) is 24.0 Å². The van der Waals surface area contributed by atoms with Crippen LogP contribution in [-0.2, 0) is 22.5 Å². The van der Waals surface area contributed by atoms with Gasteiger partial charge in [-0.25, -0.2) is 13.8 Å². The van der Waals surface area contributed by atoms with E-state index in [9.17, 15) is 14.0 Å². The van der Waals surface area contributed by atoms with Gasteiger partial charge in [0.05, 0.1) is 24.1 Å². The van der Waals surface area contributed by atoms with Crippen LogP contribution in [0.4, 0.5) is 8.78 Å². The smallest absolute Gasteiger partial charge is 0.150 e. The Morgan fingerprint density at radius 1 is 1.30 bits per heavy atom. The molecule has 30 heavy (non-hydrogen) atoms. The van der Waals surface area contributed by atoms with E-state index in [0.717, 1.165) is 23.5 Å². The molecule has 0 amide bonds. The standard InChI is InChI=1S/C21H17F2N3O3S/c1-27-17-6-15-16(7-18(17)28-2)26(11-25-15)21-8-19(20(9-24)30-21)29-10-12-13(22)4-3-5-14(12)23/h3-6,8,11,18H,7,10H2,1-2H3. The summed E-state index contributed by atoms with van der Waals surface area (Å²) in [5.41, 5.74) is 1.47. The van der Waals surface area contributed by atoms with Gasteiger partial charge in [0, 0.05) is 25.7 Å². The third-order valence-corrected chi connectivity index (χ3v) is 5.87. The lowest BCUT2D eigenvalue weighted by Crippen LogP contribution is -2.23. The number of hydrogen-bond acceptors (Lipinski definition) is 6. The first-order valence-corrected chi connectivity index (χ1v) is 9.82. The van der Waals surface area contributed by atoms with Crippen molar-refractivity contribution in [1.82, 2.24) is 9.55 Å². The van der Waals surface area contributed by atoms with E-state index >= 15 is 0 Å². The van der Waals surface area contributed by atoms with E-state index in [0.29, 0.717) is 22.1 Å². The molecule has 1 aliphatic rings. The minimum Gasteiger partial charge on any atom is -0.498 e. The topological polar surface area (TPSA) is 69.3 Å². The van der Waals surface area contributed by atoms with Gasteiger partial charge < -0.3 is 14.2 Å². The summed E-state index contributed by atoms with van der Waals surface area (Å²) in [6.07, 6.45) is 3.77. The van der Waals surface area contributed by atoms with Crippen LogP contribution in [0.2, 0.25) is 0 Å². The summed E-state index contributed by atoms with van der Waals surface area (Å²) >= 11 is 1.21. The number of nitrogens with zero attached hydrogens (tertiary/aromatic N) is 3. The Morgan fingerprint density at radius 3 is 2.73 bits per heavy atom. The molecule has 6 nitrogen and oxygen atoms in total. The lowest BCUT2D eigenvalue weighted by Gasteiger charge is -2.22. The van der Waals surface area contributed by atoms with Crippen LogP contribution >= 0.6 is 11.3 Å². The van der Waals surface area contributed by atoms with Gasteiger partial charge in [-0.1, -0.05) is 6.07 Å². The molecule has 9 heteroatoms. The molecular weight excluding hydrogens is 412 g/mol. The van der Waals surface area contributed by atoms with Gasteiger partial charge in [-0.2, -0.15) is 5.26 Å². The summed E-state index contributed by atoms with van der Waals surface area (Å²) in [6, 6.07) is 7.36. The highest BCUT2D eigenvalue weighted by Gasteiger charge is 2.27. The Bertz CT molecular complexity index is 1140. The Morgan fingerprint density at radius 2 is 2.07 bits per heavy atom. The highest BCUT2D eigenvalue weighted by Crippen LogP contribution is 2.35. The number of ether oxygens (including phenoxy) is 3. The Labute approximate surface area is 175 Å². The third kappa shape index (κ3) is 3.56. The molecule has 0 spiro atoms. The van der Waals surface area contributed by atoms with Crippen molar-refractivity contribution >= 4 is 17.4 Å². The van der Waals surface area contributed by atoms with E-state index in [2.05, 4.69) is 11.1 Å². The second-order valence-electron chi connectivity index (χ2n) is 6.50. The molecule has 2 aromatic heterocycles. The number of fused-ring (bicyclic) bond motifs is 1. The molecule has 4 rings (SSSR count). The maximum absolute atomic E-state index is 13.9. The van der Waals surface area contributed by atoms with Crippen molar-refractivity contribution in [2.45, 2.75) is 19.1 Å². The monoisotopic (exact) mass is 429 g/mol. The lowest BCUT2D eigenvalue weighted by atomic mass is 10.0. The van der Waals surface area contributed by atoms with E-state index in [1.54, 1.807) is 26.6 Å². The largest absolute Gasteiger partial charge is 0.498 e. The predicted molar refractivity (Wildman–Crippen MR) is 106 cm³/mol. The van der Waals surface area contributed by atoms with Crippen LogP contribution in [0.3, 0.4) is 0 Å². The fraction of sp³-hybridized carbons (Fsp3) is 0.238. The number of hydrogen-bond donors (Lipinski definition) is 0. The molecule has 0 saturated carbocycles. The average Bonchev–Trinajstić information content (AvgIpc) is 3.35. The molecule has 1 aliphatic carbocycles.